The molecule has 0 unspecified atom stereocenters. The highest BCUT2D eigenvalue weighted by Crippen LogP contribution is 2.40. The molecule has 2 aromatic rings. The SMILES string of the molecule is CCCN1C(=O)C(SCc2ccco2)=C(c2ccccc2OC)C1=O. The predicted octanol–water partition coefficient (Wildman–Crippen LogP) is 3.71. The van der Waals surface area contributed by atoms with E-state index in [1.54, 1.807) is 25.5 Å². The van der Waals surface area contributed by atoms with E-state index in [9.17, 15) is 9.59 Å². The number of amides is 2. The Morgan fingerprint density at radius 2 is 1.92 bits per heavy atom. The molecule has 0 aliphatic carbocycles. The lowest BCUT2D eigenvalue weighted by Gasteiger charge is -2.14. The summed E-state index contributed by atoms with van der Waals surface area (Å²) < 4.78 is 10.7. The van der Waals surface area contributed by atoms with Gasteiger partial charge in [-0.25, -0.2) is 0 Å². The maximum atomic E-state index is 12.9. The Labute approximate surface area is 150 Å². The highest BCUT2D eigenvalue weighted by atomic mass is 32.2. The summed E-state index contributed by atoms with van der Waals surface area (Å²) in [7, 11) is 1.56. The molecule has 2 heterocycles. The Balaban J connectivity index is 2.02. The lowest BCUT2D eigenvalue weighted by Crippen LogP contribution is -2.32. The van der Waals surface area contributed by atoms with Crippen LogP contribution in [0.2, 0.25) is 0 Å². The number of nitrogens with zero attached hydrogens (tertiary/aromatic N) is 1. The molecule has 1 aliphatic heterocycles. The molecule has 25 heavy (non-hydrogen) atoms. The van der Waals surface area contributed by atoms with E-state index in [-0.39, 0.29) is 11.8 Å². The standard InChI is InChI=1S/C19H19NO4S/c1-3-10-20-18(21)16(14-8-4-5-9-15(14)23-2)17(19(20)22)25-12-13-7-6-11-24-13/h4-9,11H,3,10,12H2,1-2H3. The third-order valence-electron chi connectivity index (χ3n) is 3.89. The van der Waals surface area contributed by atoms with E-state index >= 15 is 0 Å². The Morgan fingerprint density at radius 3 is 2.60 bits per heavy atom. The number of furan rings is 1. The summed E-state index contributed by atoms with van der Waals surface area (Å²) in [4.78, 5) is 27.5. The zero-order valence-electron chi connectivity index (χ0n) is 14.2. The number of hydrogen-bond acceptors (Lipinski definition) is 5. The first-order valence-corrected chi connectivity index (χ1v) is 9.05. The highest BCUT2D eigenvalue weighted by Gasteiger charge is 2.39. The smallest absolute Gasteiger partial charge is 0.267 e. The number of benzene rings is 1. The van der Waals surface area contributed by atoms with Gasteiger partial charge >= 0.3 is 0 Å². The fourth-order valence-electron chi connectivity index (χ4n) is 2.74. The second-order valence-corrected chi connectivity index (χ2v) is 6.52. The number of imide groups is 1. The van der Waals surface area contributed by atoms with Crippen LogP contribution >= 0.6 is 11.8 Å². The highest BCUT2D eigenvalue weighted by molar-refractivity contribution is 8.03. The van der Waals surface area contributed by atoms with Crippen molar-refractivity contribution in [2.75, 3.05) is 13.7 Å². The fourth-order valence-corrected chi connectivity index (χ4v) is 3.77. The molecule has 3 rings (SSSR count). The summed E-state index contributed by atoms with van der Waals surface area (Å²) in [5.41, 5.74) is 1.05. The second kappa shape index (κ2) is 7.61. The summed E-state index contributed by atoms with van der Waals surface area (Å²) in [6, 6.07) is 10.9. The molecule has 1 aliphatic rings. The average Bonchev–Trinajstić information content (AvgIpc) is 3.22. The van der Waals surface area contributed by atoms with Crippen LogP contribution < -0.4 is 4.74 Å². The summed E-state index contributed by atoms with van der Waals surface area (Å²) in [6.45, 7) is 2.35. The van der Waals surface area contributed by atoms with Gasteiger partial charge in [-0.1, -0.05) is 25.1 Å². The molecule has 0 saturated carbocycles. The second-order valence-electron chi connectivity index (χ2n) is 5.53. The Kier molecular flexibility index (Phi) is 5.28. The molecule has 0 saturated heterocycles. The van der Waals surface area contributed by atoms with Gasteiger partial charge < -0.3 is 9.15 Å². The van der Waals surface area contributed by atoms with Crippen LogP contribution in [0.3, 0.4) is 0 Å². The van der Waals surface area contributed by atoms with E-state index in [2.05, 4.69) is 0 Å². The maximum Gasteiger partial charge on any atom is 0.267 e. The first-order chi connectivity index (χ1) is 12.2. The summed E-state index contributed by atoms with van der Waals surface area (Å²) in [5, 5.41) is 0. The van der Waals surface area contributed by atoms with Gasteiger partial charge in [0.25, 0.3) is 11.8 Å². The Morgan fingerprint density at radius 1 is 1.12 bits per heavy atom. The van der Waals surface area contributed by atoms with Crippen LogP contribution in [-0.4, -0.2) is 30.4 Å². The zero-order valence-corrected chi connectivity index (χ0v) is 15.0. The molecular weight excluding hydrogens is 338 g/mol. The van der Waals surface area contributed by atoms with Crippen molar-refractivity contribution in [2.24, 2.45) is 0 Å². The van der Waals surface area contributed by atoms with Gasteiger partial charge in [-0.3, -0.25) is 14.5 Å². The van der Waals surface area contributed by atoms with Crippen LogP contribution in [0, 0.1) is 0 Å². The van der Waals surface area contributed by atoms with Crippen LogP contribution in [0.1, 0.15) is 24.7 Å². The number of carbonyl (C=O) groups excluding carboxylic acids is 2. The minimum absolute atomic E-state index is 0.246. The number of hydrogen-bond donors (Lipinski definition) is 0. The number of methoxy groups -OCH3 is 1. The molecule has 1 aromatic heterocycles. The molecule has 130 valence electrons. The molecule has 0 N–H and O–H groups in total. The van der Waals surface area contributed by atoms with Crippen molar-refractivity contribution in [3.63, 3.8) is 0 Å². The topological polar surface area (TPSA) is 59.8 Å². The van der Waals surface area contributed by atoms with Gasteiger partial charge in [-0.05, 0) is 24.6 Å². The third-order valence-corrected chi connectivity index (χ3v) is 4.98. The predicted molar refractivity (Wildman–Crippen MR) is 96.9 cm³/mol. The summed E-state index contributed by atoms with van der Waals surface area (Å²) >= 11 is 1.32. The van der Waals surface area contributed by atoms with E-state index in [0.29, 0.717) is 40.5 Å². The van der Waals surface area contributed by atoms with Crippen LogP contribution in [0.4, 0.5) is 0 Å². The fraction of sp³-hybridized carbons (Fsp3) is 0.263. The van der Waals surface area contributed by atoms with Crippen molar-refractivity contribution in [1.82, 2.24) is 4.90 Å². The van der Waals surface area contributed by atoms with Crippen molar-refractivity contribution in [3.05, 3.63) is 58.9 Å². The van der Waals surface area contributed by atoms with Gasteiger partial charge in [0.2, 0.25) is 0 Å². The van der Waals surface area contributed by atoms with E-state index in [1.807, 2.05) is 31.2 Å². The average molecular weight is 357 g/mol. The van der Waals surface area contributed by atoms with Crippen molar-refractivity contribution in [3.8, 4) is 5.75 Å². The molecular formula is C19H19NO4S. The van der Waals surface area contributed by atoms with Gasteiger partial charge in [0.05, 0.1) is 29.6 Å². The van der Waals surface area contributed by atoms with Gasteiger partial charge in [0, 0.05) is 12.1 Å². The van der Waals surface area contributed by atoms with Crippen molar-refractivity contribution in [2.45, 2.75) is 19.1 Å². The van der Waals surface area contributed by atoms with Gasteiger partial charge in [0.15, 0.2) is 0 Å². The van der Waals surface area contributed by atoms with E-state index < -0.39 is 0 Å². The number of para-hydroxylation sites is 1. The lowest BCUT2D eigenvalue weighted by molar-refractivity contribution is -0.136. The summed E-state index contributed by atoms with van der Waals surface area (Å²) in [6.07, 6.45) is 2.31. The number of thioether (sulfide) groups is 1. The molecule has 0 atom stereocenters. The minimum atomic E-state index is -0.265. The molecule has 6 heteroatoms. The van der Waals surface area contributed by atoms with Crippen LogP contribution in [0.5, 0.6) is 5.75 Å². The third kappa shape index (κ3) is 3.35. The van der Waals surface area contributed by atoms with Gasteiger partial charge in [0.1, 0.15) is 11.5 Å². The van der Waals surface area contributed by atoms with Gasteiger partial charge in [-0.2, -0.15) is 0 Å². The number of rotatable bonds is 7. The largest absolute Gasteiger partial charge is 0.496 e. The molecule has 0 fully saturated rings. The molecule has 0 spiro atoms. The Bertz CT molecular complexity index is 811. The van der Waals surface area contributed by atoms with Crippen LogP contribution in [0.25, 0.3) is 5.57 Å². The first kappa shape index (κ1) is 17.4. The lowest BCUT2D eigenvalue weighted by atomic mass is 10.1. The monoisotopic (exact) mass is 357 g/mol. The van der Waals surface area contributed by atoms with Crippen LogP contribution in [0.15, 0.2) is 52.0 Å². The van der Waals surface area contributed by atoms with Gasteiger partial charge in [-0.15, -0.1) is 11.8 Å². The van der Waals surface area contributed by atoms with E-state index in [0.717, 1.165) is 5.76 Å². The quantitative estimate of drug-likeness (QED) is 0.707. The molecule has 2 amide bonds. The van der Waals surface area contributed by atoms with E-state index in [4.69, 9.17) is 9.15 Å². The first-order valence-electron chi connectivity index (χ1n) is 8.06. The minimum Gasteiger partial charge on any atom is -0.496 e. The van der Waals surface area contributed by atoms with E-state index in [1.165, 1.54) is 16.7 Å². The number of ether oxygens (including phenoxy) is 1. The molecule has 5 nitrogen and oxygen atoms in total. The van der Waals surface area contributed by atoms with Crippen LogP contribution in [-0.2, 0) is 15.3 Å². The molecule has 0 bridgehead atoms. The summed E-state index contributed by atoms with van der Waals surface area (Å²) in [5.74, 6) is 1.31. The van der Waals surface area contributed by atoms with Crippen molar-refractivity contribution < 1.29 is 18.7 Å². The molecule has 1 aromatic carbocycles. The Hall–Kier alpha value is -2.47. The van der Waals surface area contributed by atoms with Crippen molar-refractivity contribution in [1.29, 1.82) is 0 Å². The maximum absolute atomic E-state index is 12.9. The number of carbonyl (C=O) groups is 2. The zero-order chi connectivity index (χ0) is 17.8. The molecule has 0 radical (unpaired) electrons. The normalized spacial score (nSPS) is 14.6. The van der Waals surface area contributed by atoms with Crippen molar-refractivity contribution >= 4 is 29.1 Å².